The second kappa shape index (κ2) is 7.90. The van der Waals surface area contributed by atoms with Crippen LogP contribution in [0.5, 0.6) is 0 Å². The van der Waals surface area contributed by atoms with Crippen molar-refractivity contribution in [1.29, 1.82) is 0 Å². The number of nitrogens with two attached hydrogens (primary N) is 1. The van der Waals surface area contributed by atoms with E-state index in [0.717, 1.165) is 16.5 Å². The summed E-state index contributed by atoms with van der Waals surface area (Å²) in [6, 6.07) is 7.28. The Morgan fingerprint density at radius 1 is 1.28 bits per heavy atom. The number of nitrogens with one attached hydrogen (secondary N) is 2. The number of hydrogen-bond donors (Lipinski definition) is 3. The largest absolute Gasteiger partial charge is 0.369 e. The van der Waals surface area contributed by atoms with E-state index in [2.05, 4.69) is 25.5 Å². The van der Waals surface area contributed by atoms with Crippen molar-refractivity contribution in [3.8, 4) is 0 Å². The lowest BCUT2D eigenvalue weighted by molar-refractivity contribution is -0.117. The first-order valence-electron chi connectivity index (χ1n) is 7.21. The van der Waals surface area contributed by atoms with Gasteiger partial charge in [0, 0.05) is 16.7 Å². The molecule has 0 aliphatic rings. The minimum Gasteiger partial charge on any atom is -0.369 e. The Hall–Kier alpha value is -2.72. The zero-order chi connectivity index (χ0) is 17.6. The summed E-state index contributed by atoms with van der Waals surface area (Å²) in [5.74, 6) is 0.0106. The first-order valence-corrected chi connectivity index (χ1v) is 9.08. The summed E-state index contributed by atoms with van der Waals surface area (Å²) in [6.07, 6.45) is 1.52. The van der Waals surface area contributed by atoms with E-state index in [-0.39, 0.29) is 12.3 Å². The third kappa shape index (κ3) is 4.88. The number of aromatic nitrogens is 4. The molecule has 1 aromatic carbocycles. The Labute approximate surface area is 151 Å². The number of carbonyl (C=O) groups is 2. The summed E-state index contributed by atoms with van der Waals surface area (Å²) < 4.78 is 0. The Balaban J connectivity index is 1.56. The fraction of sp³-hybridized carbons (Fsp3) is 0.133. The van der Waals surface area contributed by atoms with Crippen molar-refractivity contribution in [3.63, 3.8) is 0 Å². The van der Waals surface area contributed by atoms with E-state index in [1.54, 1.807) is 17.5 Å². The van der Waals surface area contributed by atoms with Gasteiger partial charge in [0.1, 0.15) is 6.33 Å². The molecule has 0 saturated carbocycles. The lowest BCUT2D eigenvalue weighted by atomic mass is 10.1. The maximum Gasteiger partial charge on any atom is 0.257 e. The van der Waals surface area contributed by atoms with E-state index < -0.39 is 5.91 Å². The van der Waals surface area contributed by atoms with Crippen LogP contribution in [0.2, 0.25) is 0 Å². The maximum absolute atomic E-state index is 12.2. The number of thioether (sulfide) groups is 1. The van der Waals surface area contributed by atoms with Gasteiger partial charge in [-0.3, -0.25) is 20.0 Å². The van der Waals surface area contributed by atoms with E-state index in [1.165, 1.54) is 29.4 Å². The van der Waals surface area contributed by atoms with Gasteiger partial charge in [0.2, 0.25) is 5.91 Å². The number of anilines is 1. The normalized spacial score (nSPS) is 10.6. The van der Waals surface area contributed by atoms with Gasteiger partial charge in [0.05, 0.1) is 12.1 Å². The number of amides is 2. The molecule has 4 N–H and O–H groups in total. The molecule has 25 heavy (non-hydrogen) atoms. The van der Waals surface area contributed by atoms with Crippen LogP contribution >= 0.6 is 23.1 Å². The molecule has 0 bridgehead atoms. The van der Waals surface area contributed by atoms with E-state index in [0.29, 0.717) is 16.4 Å². The van der Waals surface area contributed by atoms with Crippen molar-refractivity contribution in [1.82, 2.24) is 20.2 Å². The lowest BCUT2D eigenvalue weighted by Crippen LogP contribution is -2.14. The number of nitrogens with zero attached hydrogens (tertiary/aromatic N) is 3. The molecule has 8 nitrogen and oxygen atoms in total. The third-order valence-corrected chi connectivity index (χ3v) is 4.87. The predicted octanol–water partition coefficient (Wildman–Crippen LogP) is 1.83. The van der Waals surface area contributed by atoms with Crippen LogP contribution in [0.1, 0.15) is 21.6 Å². The molecule has 0 aliphatic heterocycles. The van der Waals surface area contributed by atoms with Crippen LogP contribution in [0.4, 0.5) is 5.13 Å². The minimum absolute atomic E-state index is 0.0594. The quantitative estimate of drug-likeness (QED) is 0.542. The van der Waals surface area contributed by atoms with Crippen LogP contribution in [0.15, 0.2) is 41.1 Å². The van der Waals surface area contributed by atoms with E-state index in [4.69, 9.17) is 5.73 Å². The molecule has 128 valence electrons. The van der Waals surface area contributed by atoms with Crippen LogP contribution < -0.4 is 11.1 Å². The Morgan fingerprint density at radius 3 is 2.76 bits per heavy atom. The van der Waals surface area contributed by atoms with E-state index in [1.807, 2.05) is 12.1 Å². The third-order valence-electron chi connectivity index (χ3n) is 3.11. The van der Waals surface area contributed by atoms with Gasteiger partial charge in [0.25, 0.3) is 5.91 Å². The molecule has 0 atom stereocenters. The van der Waals surface area contributed by atoms with Crippen molar-refractivity contribution in [2.24, 2.45) is 5.73 Å². The summed E-state index contributed by atoms with van der Waals surface area (Å²) in [5.41, 5.74) is 7.27. The molecular formula is C15H14N6O2S2. The molecule has 0 spiro atoms. The predicted molar refractivity (Wildman–Crippen MR) is 95.4 cm³/mol. The Bertz CT molecular complexity index is 861. The van der Waals surface area contributed by atoms with Crippen LogP contribution in [0, 0.1) is 0 Å². The maximum atomic E-state index is 12.2. The SMILES string of the molecule is NC(=O)Cc1csc(NC(=O)c2ccc(CSc3ncn[nH]3)cc2)n1. The zero-order valence-corrected chi connectivity index (χ0v) is 14.6. The highest BCUT2D eigenvalue weighted by Crippen LogP contribution is 2.20. The molecule has 3 aromatic rings. The molecule has 0 fully saturated rings. The number of primary amides is 1. The van der Waals surface area contributed by atoms with Crippen molar-refractivity contribution in [2.75, 3.05) is 5.32 Å². The summed E-state index contributed by atoms with van der Waals surface area (Å²) in [7, 11) is 0. The van der Waals surface area contributed by atoms with Crippen LogP contribution in [0.25, 0.3) is 0 Å². The molecule has 3 rings (SSSR count). The number of rotatable bonds is 7. The number of aromatic amines is 1. The summed E-state index contributed by atoms with van der Waals surface area (Å²) in [4.78, 5) is 31.3. The van der Waals surface area contributed by atoms with Crippen molar-refractivity contribution < 1.29 is 9.59 Å². The molecule has 0 aliphatic carbocycles. The van der Waals surface area contributed by atoms with E-state index in [9.17, 15) is 9.59 Å². The molecular weight excluding hydrogens is 360 g/mol. The molecule has 2 aromatic heterocycles. The monoisotopic (exact) mass is 374 g/mol. The smallest absolute Gasteiger partial charge is 0.257 e. The number of hydrogen-bond acceptors (Lipinski definition) is 7. The lowest BCUT2D eigenvalue weighted by Gasteiger charge is -2.03. The first-order chi connectivity index (χ1) is 12.1. The fourth-order valence-electron chi connectivity index (χ4n) is 1.96. The van der Waals surface area contributed by atoms with Gasteiger partial charge in [0.15, 0.2) is 10.3 Å². The molecule has 0 radical (unpaired) electrons. The number of H-pyrrole nitrogens is 1. The van der Waals surface area contributed by atoms with Gasteiger partial charge in [-0.2, -0.15) is 5.10 Å². The topological polar surface area (TPSA) is 127 Å². The van der Waals surface area contributed by atoms with Crippen LogP contribution in [-0.4, -0.2) is 32.0 Å². The number of benzene rings is 1. The molecule has 0 unspecified atom stereocenters. The van der Waals surface area contributed by atoms with Gasteiger partial charge in [-0.05, 0) is 17.7 Å². The number of thiazole rings is 1. The van der Waals surface area contributed by atoms with Crippen LogP contribution in [-0.2, 0) is 17.0 Å². The van der Waals surface area contributed by atoms with Crippen molar-refractivity contribution in [3.05, 3.63) is 52.8 Å². The summed E-state index contributed by atoms with van der Waals surface area (Å²) in [6.45, 7) is 0. The van der Waals surface area contributed by atoms with Crippen LogP contribution in [0.3, 0.4) is 0 Å². The highest BCUT2D eigenvalue weighted by Gasteiger charge is 2.10. The standard InChI is InChI=1S/C15H14N6O2S2/c16-12(22)5-11-7-25-15(19-11)20-13(23)10-3-1-9(2-4-10)6-24-14-17-8-18-21-14/h1-4,7-8H,5-6H2,(H2,16,22)(H,17,18,21)(H,19,20,23). The van der Waals surface area contributed by atoms with Gasteiger partial charge in [-0.1, -0.05) is 23.9 Å². The van der Waals surface area contributed by atoms with Gasteiger partial charge >= 0.3 is 0 Å². The fourth-order valence-corrected chi connectivity index (χ4v) is 3.40. The van der Waals surface area contributed by atoms with Crippen molar-refractivity contribution >= 4 is 40.0 Å². The second-order valence-corrected chi connectivity index (χ2v) is 6.84. The average Bonchev–Trinajstić information content (AvgIpc) is 3.25. The Kier molecular flexibility index (Phi) is 5.41. The summed E-state index contributed by atoms with van der Waals surface area (Å²) in [5, 5.41) is 12.2. The van der Waals surface area contributed by atoms with Gasteiger partial charge in [-0.25, -0.2) is 9.97 Å². The van der Waals surface area contributed by atoms with Gasteiger partial charge in [-0.15, -0.1) is 11.3 Å². The highest BCUT2D eigenvalue weighted by atomic mass is 32.2. The van der Waals surface area contributed by atoms with Gasteiger partial charge < -0.3 is 5.73 Å². The first kappa shape index (κ1) is 17.1. The molecule has 2 amide bonds. The van der Waals surface area contributed by atoms with E-state index >= 15 is 0 Å². The highest BCUT2D eigenvalue weighted by molar-refractivity contribution is 7.98. The molecule has 2 heterocycles. The number of carbonyl (C=O) groups excluding carboxylic acids is 2. The average molecular weight is 374 g/mol. The molecule has 10 heteroatoms. The zero-order valence-electron chi connectivity index (χ0n) is 12.9. The minimum atomic E-state index is -0.457. The summed E-state index contributed by atoms with van der Waals surface area (Å²) >= 11 is 2.78. The van der Waals surface area contributed by atoms with Crippen molar-refractivity contribution in [2.45, 2.75) is 17.3 Å². The second-order valence-electron chi connectivity index (χ2n) is 5.02. The molecule has 0 saturated heterocycles. The Morgan fingerprint density at radius 2 is 2.08 bits per heavy atom.